The number of fused-ring (bicyclic) bond motifs is 1. The average Bonchev–Trinajstić information content (AvgIpc) is 2.79. The van der Waals surface area contributed by atoms with E-state index in [-0.39, 0.29) is 18.3 Å². The summed E-state index contributed by atoms with van der Waals surface area (Å²) in [7, 11) is 0. The molecule has 2 rings (SSSR count). The highest BCUT2D eigenvalue weighted by atomic mass is 35.5. The molecule has 0 atom stereocenters. The number of ether oxygens (including phenoxy) is 2. The highest BCUT2D eigenvalue weighted by molar-refractivity contribution is 7.99. The highest BCUT2D eigenvalue weighted by Gasteiger charge is 2.11. The molecule has 1 aromatic carbocycles. The van der Waals surface area contributed by atoms with Gasteiger partial charge in [0.1, 0.15) is 0 Å². The number of hydrogen-bond donors (Lipinski definition) is 2. The number of rotatable bonds is 9. The van der Waals surface area contributed by atoms with Gasteiger partial charge in [0.05, 0.1) is 13.2 Å². The van der Waals surface area contributed by atoms with Gasteiger partial charge in [-0.15, -0.1) is 24.2 Å². The van der Waals surface area contributed by atoms with Crippen molar-refractivity contribution in [1.29, 1.82) is 0 Å². The van der Waals surface area contributed by atoms with E-state index in [1.54, 1.807) is 11.8 Å². The molecule has 24 heavy (non-hydrogen) atoms. The van der Waals surface area contributed by atoms with E-state index in [0.29, 0.717) is 26.2 Å². The van der Waals surface area contributed by atoms with Crippen LogP contribution in [0, 0.1) is 0 Å². The molecule has 0 aliphatic carbocycles. The lowest BCUT2D eigenvalue weighted by atomic mass is 10.3. The molecule has 1 aliphatic heterocycles. The van der Waals surface area contributed by atoms with Gasteiger partial charge >= 0.3 is 0 Å². The summed E-state index contributed by atoms with van der Waals surface area (Å²) in [5.41, 5.74) is 0. The number of thioether (sulfide) groups is 1. The summed E-state index contributed by atoms with van der Waals surface area (Å²) in [4.78, 5) is 12.9. The van der Waals surface area contributed by atoms with Crippen LogP contribution in [0.3, 0.4) is 0 Å². The Bertz CT molecular complexity index is 503. The van der Waals surface area contributed by atoms with Crippen LogP contribution in [0.4, 0.5) is 0 Å². The third kappa shape index (κ3) is 7.64. The van der Waals surface area contributed by atoms with Gasteiger partial charge in [-0.05, 0) is 31.2 Å². The molecule has 1 aliphatic rings. The Labute approximate surface area is 154 Å². The largest absolute Gasteiger partial charge is 0.490 e. The molecule has 2 N–H and O–H groups in total. The van der Waals surface area contributed by atoms with Gasteiger partial charge < -0.3 is 20.1 Å². The van der Waals surface area contributed by atoms with E-state index in [4.69, 9.17) is 9.47 Å². The number of hydrogen-bond acceptors (Lipinski definition) is 5. The molecule has 1 amide bonds. The summed E-state index contributed by atoms with van der Waals surface area (Å²) in [5, 5.41) is 6.19. The zero-order chi connectivity index (χ0) is 16.3. The second kappa shape index (κ2) is 12.3. The van der Waals surface area contributed by atoms with Crippen molar-refractivity contribution in [3.63, 3.8) is 0 Å². The van der Waals surface area contributed by atoms with Crippen LogP contribution in [0.25, 0.3) is 0 Å². The Morgan fingerprint density at radius 3 is 2.75 bits per heavy atom. The van der Waals surface area contributed by atoms with Gasteiger partial charge in [-0.1, -0.05) is 6.92 Å². The Hall–Kier alpha value is -1.11. The summed E-state index contributed by atoms with van der Waals surface area (Å²) in [5.74, 6) is 2.47. The van der Waals surface area contributed by atoms with E-state index in [2.05, 4.69) is 17.6 Å². The normalized spacial score (nSPS) is 12.9. The number of amides is 1. The summed E-state index contributed by atoms with van der Waals surface area (Å²) in [6.07, 6.45) is 2.54. The van der Waals surface area contributed by atoms with Crippen molar-refractivity contribution in [2.24, 2.45) is 0 Å². The molecule has 1 aromatic rings. The molecule has 5 nitrogen and oxygen atoms in total. The van der Waals surface area contributed by atoms with Gasteiger partial charge in [0.15, 0.2) is 11.5 Å². The average molecular weight is 375 g/mol. The monoisotopic (exact) mass is 374 g/mol. The summed E-state index contributed by atoms with van der Waals surface area (Å²) in [6, 6.07) is 5.96. The molecule has 0 radical (unpaired) electrons. The van der Waals surface area contributed by atoms with Crippen LogP contribution in [-0.2, 0) is 4.79 Å². The zero-order valence-corrected chi connectivity index (χ0v) is 15.8. The van der Waals surface area contributed by atoms with Crippen LogP contribution >= 0.6 is 24.2 Å². The molecule has 1 heterocycles. The number of benzene rings is 1. The minimum absolute atomic E-state index is 0. The quantitative estimate of drug-likeness (QED) is 0.514. The number of carbonyl (C=O) groups is 1. The molecule has 0 bridgehead atoms. The van der Waals surface area contributed by atoms with Gasteiger partial charge in [0, 0.05) is 36.6 Å². The van der Waals surface area contributed by atoms with Crippen molar-refractivity contribution in [2.75, 3.05) is 38.6 Å². The zero-order valence-electron chi connectivity index (χ0n) is 14.1. The van der Waals surface area contributed by atoms with Crippen molar-refractivity contribution < 1.29 is 14.3 Å². The van der Waals surface area contributed by atoms with Crippen LogP contribution < -0.4 is 20.1 Å². The van der Waals surface area contributed by atoms with Gasteiger partial charge in [0.25, 0.3) is 0 Å². The minimum Gasteiger partial charge on any atom is -0.490 e. The van der Waals surface area contributed by atoms with Crippen molar-refractivity contribution in [2.45, 2.75) is 31.1 Å². The second-order valence-electron chi connectivity index (χ2n) is 5.36. The van der Waals surface area contributed by atoms with E-state index in [0.717, 1.165) is 48.1 Å². The van der Waals surface area contributed by atoms with E-state index < -0.39 is 0 Å². The van der Waals surface area contributed by atoms with E-state index in [1.165, 1.54) is 0 Å². The predicted molar refractivity (Wildman–Crippen MR) is 101 cm³/mol. The van der Waals surface area contributed by atoms with Crippen LogP contribution in [-0.4, -0.2) is 44.5 Å². The Morgan fingerprint density at radius 1 is 1.17 bits per heavy atom. The SMILES string of the molecule is CCCNCCNC(=O)CCSc1ccc2c(c1)OCCCO2.Cl. The maximum absolute atomic E-state index is 11.7. The standard InChI is InChI=1S/C17H26N2O3S.ClH/c1-2-7-18-8-9-19-17(20)6-12-23-14-4-5-15-16(13-14)22-11-3-10-21-15;/h4-5,13,18H,2-3,6-12H2,1H3,(H,19,20);1H. The van der Waals surface area contributed by atoms with Crippen molar-refractivity contribution in [3.05, 3.63) is 18.2 Å². The lowest BCUT2D eigenvalue weighted by molar-refractivity contribution is -0.120. The topological polar surface area (TPSA) is 59.6 Å². The van der Waals surface area contributed by atoms with Crippen molar-refractivity contribution in [1.82, 2.24) is 10.6 Å². The smallest absolute Gasteiger partial charge is 0.220 e. The first-order valence-corrected chi connectivity index (χ1v) is 9.28. The predicted octanol–water partition coefficient (Wildman–Crippen LogP) is 2.87. The van der Waals surface area contributed by atoms with Gasteiger partial charge in [-0.3, -0.25) is 4.79 Å². The number of halogens is 1. The van der Waals surface area contributed by atoms with E-state index >= 15 is 0 Å². The van der Waals surface area contributed by atoms with Gasteiger partial charge in [0.2, 0.25) is 5.91 Å². The molecule has 0 saturated carbocycles. The maximum atomic E-state index is 11.7. The summed E-state index contributed by atoms with van der Waals surface area (Å²) >= 11 is 1.66. The van der Waals surface area contributed by atoms with Crippen molar-refractivity contribution in [3.8, 4) is 11.5 Å². The highest BCUT2D eigenvalue weighted by Crippen LogP contribution is 2.33. The molecule has 0 saturated heterocycles. The van der Waals surface area contributed by atoms with Crippen LogP contribution in [0.1, 0.15) is 26.2 Å². The fourth-order valence-electron chi connectivity index (χ4n) is 2.18. The fraction of sp³-hybridized carbons (Fsp3) is 0.588. The molecule has 0 fully saturated rings. The lowest BCUT2D eigenvalue weighted by Gasteiger charge is -2.09. The molecule has 136 valence electrons. The molecule has 0 spiro atoms. The van der Waals surface area contributed by atoms with Gasteiger partial charge in [-0.25, -0.2) is 0 Å². The molecular weight excluding hydrogens is 348 g/mol. The molecule has 7 heteroatoms. The third-order valence-electron chi connectivity index (χ3n) is 3.37. The lowest BCUT2D eigenvalue weighted by Crippen LogP contribution is -2.32. The Kier molecular flexibility index (Phi) is 10.7. The second-order valence-corrected chi connectivity index (χ2v) is 6.53. The summed E-state index contributed by atoms with van der Waals surface area (Å²) < 4.78 is 11.3. The minimum atomic E-state index is 0. The first-order valence-electron chi connectivity index (χ1n) is 8.29. The Morgan fingerprint density at radius 2 is 1.96 bits per heavy atom. The first kappa shape index (κ1) is 20.9. The summed E-state index contributed by atoms with van der Waals surface area (Å²) in [6.45, 7) is 6.03. The molecule has 0 aromatic heterocycles. The van der Waals surface area contributed by atoms with Crippen molar-refractivity contribution >= 4 is 30.1 Å². The molecule has 0 unspecified atom stereocenters. The first-order chi connectivity index (χ1) is 11.3. The van der Waals surface area contributed by atoms with Crippen LogP contribution in [0.2, 0.25) is 0 Å². The third-order valence-corrected chi connectivity index (χ3v) is 4.36. The van der Waals surface area contributed by atoms with E-state index in [1.807, 2.05) is 18.2 Å². The Balaban J connectivity index is 0.00000288. The van der Waals surface area contributed by atoms with Crippen LogP contribution in [0.5, 0.6) is 11.5 Å². The maximum Gasteiger partial charge on any atom is 0.220 e. The number of nitrogens with one attached hydrogen (secondary N) is 2. The van der Waals surface area contributed by atoms with Gasteiger partial charge in [-0.2, -0.15) is 0 Å². The van der Waals surface area contributed by atoms with E-state index in [9.17, 15) is 4.79 Å². The fourth-order valence-corrected chi connectivity index (χ4v) is 3.05. The van der Waals surface area contributed by atoms with Crippen LogP contribution in [0.15, 0.2) is 23.1 Å². The molecular formula is C17H27ClN2O3S. The number of carbonyl (C=O) groups excluding carboxylic acids is 1.